The minimum absolute atomic E-state index is 0.136. The number of aromatic nitrogens is 1. The second-order valence-electron chi connectivity index (χ2n) is 4.35. The Labute approximate surface area is 101 Å². The number of nitrogens with one attached hydrogen (secondary N) is 1. The monoisotopic (exact) mass is 231 g/mol. The number of rotatable bonds is 4. The van der Waals surface area contributed by atoms with Crippen molar-refractivity contribution >= 4 is 16.7 Å². The van der Waals surface area contributed by atoms with Gasteiger partial charge < -0.3 is 9.72 Å². The summed E-state index contributed by atoms with van der Waals surface area (Å²) in [7, 11) is 0. The van der Waals surface area contributed by atoms with E-state index in [1.807, 2.05) is 39.0 Å². The van der Waals surface area contributed by atoms with Crippen LogP contribution in [0, 0.1) is 0 Å². The topological polar surface area (TPSA) is 42.1 Å². The van der Waals surface area contributed by atoms with Gasteiger partial charge >= 0.3 is 0 Å². The van der Waals surface area contributed by atoms with Gasteiger partial charge in [-0.1, -0.05) is 6.92 Å². The Morgan fingerprint density at radius 3 is 2.82 bits per heavy atom. The highest BCUT2D eigenvalue weighted by Crippen LogP contribution is 2.25. The van der Waals surface area contributed by atoms with Gasteiger partial charge in [-0.25, -0.2) is 0 Å². The highest BCUT2D eigenvalue weighted by atomic mass is 16.5. The molecule has 0 aliphatic heterocycles. The molecule has 0 saturated heterocycles. The zero-order valence-electron chi connectivity index (χ0n) is 10.4. The van der Waals surface area contributed by atoms with Crippen molar-refractivity contribution in [2.75, 3.05) is 0 Å². The molecule has 0 radical (unpaired) electrons. The molecule has 0 aliphatic rings. The summed E-state index contributed by atoms with van der Waals surface area (Å²) >= 11 is 0. The number of carbonyl (C=O) groups excluding carboxylic acids is 1. The maximum atomic E-state index is 11.8. The zero-order chi connectivity index (χ0) is 12.4. The molecule has 1 aromatic heterocycles. The van der Waals surface area contributed by atoms with Gasteiger partial charge in [0.05, 0.1) is 6.10 Å². The van der Waals surface area contributed by atoms with Crippen molar-refractivity contribution in [1.29, 1.82) is 0 Å². The lowest BCUT2D eigenvalue weighted by Crippen LogP contribution is -2.05. The summed E-state index contributed by atoms with van der Waals surface area (Å²) in [5, 5.41) is 0.940. The number of hydrogen-bond donors (Lipinski definition) is 1. The third-order valence-corrected chi connectivity index (χ3v) is 2.65. The minimum atomic E-state index is 0.136. The first-order valence-corrected chi connectivity index (χ1v) is 5.92. The van der Waals surface area contributed by atoms with E-state index in [2.05, 4.69) is 4.98 Å². The number of fused-ring (bicyclic) bond motifs is 1. The van der Waals surface area contributed by atoms with Gasteiger partial charge in [-0.05, 0) is 32.0 Å². The molecule has 1 aromatic carbocycles. The van der Waals surface area contributed by atoms with Crippen LogP contribution in [0.3, 0.4) is 0 Å². The van der Waals surface area contributed by atoms with Crippen LogP contribution < -0.4 is 4.74 Å². The Balaban J connectivity index is 2.46. The van der Waals surface area contributed by atoms with Crippen LogP contribution in [0.2, 0.25) is 0 Å². The second kappa shape index (κ2) is 4.62. The number of ketones is 1. The summed E-state index contributed by atoms with van der Waals surface area (Å²) in [4.78, 5) is 14.9. The Kier molecular flexibility index (Phi) is 3.18. The predicted molar refractivity (Wildman–Crippen MR) is 68.7 cm³/mol. The van der Waals surface area contributed by atoms with Gasteiger partial charge in [0, 0.05) is 29.1 Å². The number of benzene rings is 1. The van der Waals surface area contributed by atoms with Gasteiger partial charge in [0.25, 0.3) is 0 Å². The molecule has 0 fully saturated rings. The molecule has 0 spiro atoms. The van der Waals surface area contributed by atoms with E-state index in [0.717, 1.165) is 22.2 Å². The van der Waals surface area contributed by atoms with Gasteiger partial charge in [-0.2, -0.15) is 0 Å². The average Bonchev–Trinajstić information content (AvgIpc) is 2.70. The highest BCUT2D eigenvalue weighted by Gasteiger charge is 2.11. The Morgan fingerprint density at radius 1 is 1.41 bits per heavy atom. The first-order chi connectivity index (χ1) is 8.11. The molecule has 1 heterocycles. The molecular weight excluding hydrogens is 214 g/mol. The second-order valence-corrected chi connectivity index (χ2v) is 4.35. The summed E-state index contributed by atoms with van der Waals surface area (Å²) in [6.07, 6.45) is 2.43. The van der Waals surface area contributed by atoms with Crippen molar-refractivity contribution in [3.8, 4) is 5.75 Å². The first-order valence-electron chi connectivity index (χ1n) is 5.92. The van der Waals surface area contributed by atoms with Crippen LogP contribution in [0.25, 0.3) is 10.9 Å². The summed E-state index contributed by atoms with van der Waals surface area (Å²) in [5.41, 5.74) is 1.72. The summed E-state index contributed by atoms with van der Waals surface area (Å²) in [6.45, 7) is 5.84. The molecule has 2 rings (SSSR count). The molecule has 0 aliphatic carbocycles. The van der Waals surface area contributed by atoms with Crippen molar-refractivity contribution < 1.29 is 9.53 Å². The third-order valence-electron chi connectivity index (χ3n) is 2.65. The maximum absolute atomic E-state index is 11.8. The van der Waals surface area contributed by atoms with E-state index < -0.39 is 0 Å². The predicted octanol–water partition coefficient (Wildman–Crippen LogP) is 3.55. The van der Waals surface area contributed by atoms with Gasteiger partial charge in [0.1, 0.15) is 5.75 Å². The van der Waals surface area contributed by atoms with Crippen molar-refractivity contribution in [2.45, 2.75) is 33.3 Å². The molecule has 2 aromatic rings. The fourth-order valence-electron chi connectivity index (χ4n) is 1.87. The maximum Gasteiger partial charge on any atom is 0.164 e. The van der Waals surface area contributed by atoms with Gasteiger partial charge in [-0.15, -0.1) is 0 Å². The van der Waals surface area contributed by atoms with Crippen LogP contribution in [0.5, 0.6) is 5.75 Å². The van der Waals surface area contributed by atoms with Crippen LogP contribution in [0.4, 0.5) is 0 Å². The van der Waals surface area contributed by atoms with E-state index in [-0.39, 0.29) is 11.9 Å². The SMILES string of the molecule is CCC(=O)c1c[nH]c2ccc(OC(C)C)cc12. The van der Waals surface area contributed by atoms with Gasteiger partial charge in [0.15, 0.2) is 5.78 Å². The minimum Gasteiger partial charge on any atom is -0.491 e. The normalized spacial score (nSPS) is 11.1. The van der Waals surface area contributed by atoms with Crippen molar-refractivity contribution in [2.24, 2.45) is 0 Å². The number of Topliss-reactive ketones (excluding diaryl/α,β-unsaturated/α-hetero) is 1. The molecule has 0 amide bonds. The molecular formula is C14H17NO2. The Bertz CT molecular complexity index is 540. The first kappa shape index (κ1) is 11.7. The number of H-pyrrole nitrogens is 1. The summed E-state index contributed by atoms with van der Waals surface area (Å²) in [6, 6.07) is 5.78. The standard InChI is InChI=1S/C14H17NO2/c1-4-14(16)12-8-15-13-6-5-10(7-11(12)13)17-9(2)3/h5-9,15H,4H2,1-3H3. The van der Waals surface area contributed by atoms with E-state index in [1.165, 1.54) is 0 Å². The van der Waals surface area contributed by atoms with Crippen LogP contribution in [-0.2, 0) is 0 Å². The quantitative estimate of drug-likeness (QED) is 0.818. The van der Waals surface area contributed by atoms with Crippen LogP contribution in [0.15, 0.2) is 24.4 Å². The third kappa shape index (κ3) is 2.33. The van der Waals surface area contributed by atoms with E-state index in [0.29, 0.717) is 6.42 Å². The van der Waals surface area contributed by atoms with E-state index >= 15 is 0 Å². The van der Waals surface area contributed by atoms with E-state index in [9.17, 15) is 4.79 Å². The molecule has 17 heavy (non-hydrogen) atoms. The Morgan fingerprint density at radius 2 is 2.18 bits per heavy atom. The van der Waals surface area contributed by atoms with Gasteiger partial charge in [0.2, 0.25) is 0 Å². The van der Waals surface area contributed by atoms with E-state index in [1.54, 1.807) is 6.20 Å². The van der Waals surface area contributed by atoms with Crippen LogP contribution >= 0.6 is 0 Å². The van der Waals surface area contributed by atoms with Crippen molar-refractivity contribution in [3.05, 3.63) is 30.0 Å². The molecule has 0 unspecified atom stereocenters. The molecule has 90 valence electrons. The number of hydrogen-bond acceptors (Lipinski definition) is 2. The number of aromatic amines is 1. The number of carbonyl (C=O) groups is 1. The lowest BCUT2D eigenvalue weighted by molar-refractivity contribution is 0.0990. The highest BCUT2D eigenvalue weighted by molar-refractivity contribution is 6.08. The summed E-state index contributed by atoms with van der Waals surface area (Å²) < 4.78 is 5.63. The fourth-order valence-corrected chi connectivity index (χ4v) is 1.87. The molecule has 3 heteroatoms. The molecule has 0 saturated carbocycles. The molecule has 0 bridgehead atoms. The smallest absolute Gasteiger partial charge is 0.164 e. The van der Waals surface area contributed by atoms with Crippen LogP contribution in [-0.4, -0.2) is 16.9 Å². The van der Waals surface area contributed by atoms with Crippen molar-refractivity contribution in [3.63, 3.8) is 0 Å². The lowest BCUT2D eigenvalue weighted by Gasteiger charge is -2.09. The Hall–Kier alpha value is -1.77. The van der Waals surface area contributed by atoms with Gasteiger partial charge in [-0.3, -0.25) is 4.79 Å². The largest absolute Gasteiger partial charge is 0.491 e. The van der Waals surface area contributed by atoms with E-state index in [4.69, 9.17) is 4.74 Å². The molecule has 0 atom stereocenters. The fraction of sp³-hybridized carbons (Fsp3) is 0.357. The number of ether oxygens (including phenoxy) is 1. The summed E-state index contributed by atoms with van der Waals surface area (Å²) in [5.74, 6) is 0.954. The van der Waals surface area contributed by atoms with Crippen molar-refractivity contribution in [1.82, 2.24) is 4.98 Å². The molecule has 1 N–H and O–H groups in total. The lowest BCUT2D eigenvalue weighted by atomic mass is 10.1. The van der Waals surface area contributed by atoms with Crippen LogP contribution in [0.1, 0.15) is 37.6 Å². The zero-order valence-corrected chi connectivity index (χ0v) is 10.4. The average molecular weight is 231 g/mol. The molecule has 3 nitrogen and oxygen atoms in total.